The van der Waals surface area contributed by atoms with Gasteiger partial charge >= 0.3 is 17.9 Å². The monoisotopic (exact) mass is 286 g/mol. The molecule has 0 spiro atoms. The minimum absolute atomic E-state index is 0.0617. The molecule has 0 heterocycles. The molecule has 1 aliphatic carbocycles. The van der Waals surface area contributed by atoms with E-state index < -0.39 is 35.2 Å². The van der Waals surface area contributed by atoms with Gasteiger partial charge in [0.2, 0.25) is 0 Å². The van der Waals surface area contributed by atoms with E-state index in [2.05, 4.69) is 14.2 Å². The first-order chi connectivity index (χ1) is 9.34. The zero-order valence-electron chi connectivity index (χ0n) is 11.9. The van der Waals surface area contributed by atoms with Crippen LogP contribution in [0.3, 0.4) is 0 Å². The molecule has 0 amide bonds. The Morgan fingerprint density at radius 1 is 1.05 bits per heavy atom. The van der Waals surface area contributed by atoms with Gasteiger partial charge in [-0.15, -0.1) is 0 Å². The Balaban J connectivity index is 2.89. The topological polar surface area (TPSA) is 96.0 Å². The lowest BCUT2D eigenvalue weighted by atomic mass is 9.93. The molecule has 7 heteroatoms. The fourth-order valence-corrected chi connectivity index (χ4v) is 2.42. The maximum absolute atomic E-state index is 11.8. The fourth-order valence-electron chi connectivity index (χ4n) is 2.42. The van der Waals surface area contributed by atoms with Crippen LogP contribution in [0.4, 0.5) is 0 Å². The molecule has 0 aromatic heterocycles. The summed E-state index contributed by atoms with van der Waals surface area (Å²) in [6, 6.07) is 0. The van der Waals surface area contributed by atoms with E-state index >= 15 is 0 Å². The van der Waals surface area contributed by atoms with Crippen molar-refractivity contribution in [1.29, 1.82) is 0 Å². The van der Waals surface area contributed by atoms with Crippen LogP contribution in [0.1, 0.15) is 19.8 Å². The first kappa shape index (κ1) is 16.1. The quantitative estimate of drug-likeness (QED) is 0.388. The first-order valence-corrected chi connectivity index (χ1v) is 6.10. The van der Waals surface area contributed by atoms with Crippen LogP contribution in [-0.4, -0.2) is 45.0 Å². The van der Waals surface area contributed by atoms with Crippen molar-refractivity contribution in [2.45, 2.75) is 19.8 Å². The van der Waals surface area contributed by atoms with Crippen molar-refractivity contribution in [3.63, 3.8) is 0 Å². The number of methoxy groups -OCH3 is 3. The highest BCUT2D eigenvalue weighted by molar-refractivity contribution is 6.04. The molecule has 0 aromatic rings. The standard InChI is InChI=1S/C13H18O7/c1-7(14)9(10(15)18-2)5-8-6-13(8,11(16)19-3)12(17)20-4/h8-9H,5-6H2,1-4H3. The molecule has 2 unspecified atom stereocenters. The Bertz CT molecular complexity index is 424. The summed E-state index contributed by atoms with van der Waals surface area (Å²) in [6.45, 7) is 1.27. The van der Waals surface area contributed by atoms with Crippen LogP contribution >= 0.6 is 0 Å². The lowest BCUT2D eigenvalue weighted by Gasteiger charge is -2.15. The third-order valence-corrected chi connectivity index (χ3v) is 3.70. The molecule has 1 rings (SSSR count). The smallest absolute Gasteiger partial charge is 0.323 e. The molecule has 2 atom stereocenters. The number of rotatable bonds is 6. The minimum Gasteiger partial charge on any atom is -0.468 e. The molecule has 0 radical (unpaired) electrons. The molecule has 0 saturated heterocycles. The SMILES string of the molecule is COC(=O)C(CC1CC1(C(=O)OC)C(=O)OC)C(C)=O. The highest BCUT2D eigenvalue weighted by Crippen LogP contribution is 2.57. The number of carbonyl (C=O) groups is 4. The van der Waals surface area contributed by atoms with Crippen molar-refractivity contribution in [2.75, 3.05) is 21.3 Å². The Hall–Kier alpha value is -1.92. The van der Waals surface area contributed by atoms with Gasteiger partial charge in [-0.1, -0.05) is 0 Å². The van der Waals surface area contributed by atoms with E-state index in [0.29, 0.717) is 0 Å². The van der Waals surface area contributed by atoms with Crippen LogP contribution in [-0.2, 0) is 33.4 Å². The molecular weight excluding hydrogens is 268 g/mol. The number of esters is 3. The second-order valence-corrected chi connectivity index (χ2v) is 4.78. The van der Waals surface area contributed by atoms with Gasteiger partial charge in [0.05, 0.1) is 21.3 Å². The molecule has 0 bridgehead atoms. The van der Waals surface area contributed by atoms with Gasteiger partial charge in [-0.05, 0) is 25.7 Å². The molecule has 1 aliphatic rings. The lowest BCUT2D eigenvalue weighted by Crippen LogP contribution is -2.32. The maximum Gasteiger partial charge on any atom is 0.323 e. The molecule has 0 aromatic carbocycles. The number of ketones is 1. The van der Waals surface area contributed by atoms with Gasteiger partial charge in [0.1, 0.15) is 11.7 Å². The van der Waals surface area contributed by atoms with Gasteiger partial charge < -0.3 is 14.2 Å². The van der Waals surface area contributed by atoms with Gasteiger partial charge in [0.25, 0.3) is 0 Å². The van der Waals surface area contributed by atoms with Crippen LogP contribution in [0.25, 0.3) is 0 Å². The normalized spacial score (nSPS) is 20.5. The highest BCUT2D eigenvalue weighted by Gasteiger charge is 2.68. The summed E-state index contributed by atoms with van der Waals surface area (Å²) in [5, 5.41) is 0. The summed E-state index contributed by atoms with van der Waals surface area (Å²) < 4.78 is 13.8. The van der Waals surface area contributed by atoms with Crippen LogP contribution in [0.15, 0.2) is 0 Å². The number of ether oxygens (including phenoxy) is 3. The molecule has 0 aliphatic heterocycles. The van der Waals surface area contributed by atoms with E-state index in [9.17, 15) is 19.2 Å². The molecule has 0 N–H and O–H groups in total. The zero-order chi connectivity index (χ0) is 15.5. The molecule has 1 saturated carbocycles. The van der Waals surface area contributed by atoms with Gasteiger partial charge in [-0.2, -0.15) is 0 Å². The molecule has 1 fully saturated rings. The van der Waals surface area contributed by atoms with Gasteiger partial charge in [0, 0.05) is 0 Å². The summed E-state index contributed by atoms with van der Waals surface area (Å²) in [5.41, 5.74) is -1.40. The summed E-state index contributed by atoms with van der Waals surface area (Å²) in [7, 11) is 3.52. The average Bonchev–Trinajstić information content (AvgIpc) is 3.17. The fraction of sp³-hybridized carbons (Fsp3) is 0.692. The third kappa shape index (κ3) is 2.66. The van der Waals surface area contributed by atoms with E-state index in [0.717, 1.165) is 0 Å². The van der Waals surface area contributed by atoms with Crippen molar-refractivity contribution >= 4 is 23.7 Å². The molecule has 20 heavy (non-hydrogen) atoms. The maximum atomic E-state index is 11.8. The number of hydrogen-bond donors (Lipinski definition) is 0. The summed E-state index contributed by atoms with van der Waals surface area (Å²) in [4.78, 5) is 46.5. The molecule has 7 nitrogen and oxygen atoms in total. The molecule has 112 valence electrons. The second-order valence-electron chi connectivity index (χ2n) is 4.78. The lowest BCUT2D eigenvalue weighted by molar-refractivity contribution is -0.163. The van der Waals surface area contributed by atoms with E-state index in [1.54, 1.807) is 0 Å². The van der Waals surface area contributed by atoms with Crippen LogP contribution < -0.4 is 0 Å². The summed E-state index contributed by atoms with van der Waals surface area (Å²) >= 11 is 0. The Morgan fingerprint density at radius 3 is 1.90 bits per heavy atom. The second kappa shape index (κ2) is 6.02. The number of Topliss-reactive ketones (excluding diaryl/α,β-unsaturated/α-hetero) is 1. The van der Waals surface area contributed by atoms with Crippen LogP contribution in [0, 0.1) is 17.3 Å². The van der Waals surface area contributed by atoms with E-state index in [-0.39, 0.29) is 18.6 Å². The summed E-state index contributed by atoms with van der Waals surface area (Å²) in [5.74, 6) is -3.90. The van der Waals surface area contributed by atoms with E-state index in [4.69, 9.17) is 0 Å². The minimum atomic E-state index is -1.40. The summed E-state index contributed by atoms with van der Waals surface area (Å²) in [6.07, 6.45) is 0.263. The van der Waals surface area contributed by atoms with Gasteiger partial charge in [0.15, 0.2) is 5.41 Å². The highest BCUT2D eigenvalue weighted by atomic mass is 16.5. The number of carbonyl (C=O) groups excluding carboxylic acids is 4. The molecular formula is C13H18O7. The van der Waals surface area contributed by atoms with E-state index in [1.165, 1.54) is 28.3 Å². The van der Waals surface area contributed by atoms with Crippen molar-refractivity contribution in [1.82, 2.24) is 0 Å². The van der Waals surface area contributed by atoms with E-state index in [1.807, 2.05) is 0 Å². The third-order valence-electron chi connectivity index (χ3n) is 3.70. The van der Waals surface area contributed by atoms with Crippen molar-refractivity contribution in [3.8, 4) is 0 Å². The number of hydrogen-bond acceptors (Lipinski definition) is 7. The Labute approximate surface area is 116 Å². The van der Waals surface area contributed by atoms with Crippen LogP contribution in [0.5, 0.6) is 0 Å². The largest absolute Gasteiger partial charge is 0.468 e. The van der Waals surface area contributed by atoms with Crippen molar-refractivity contribution in [2.24, 2.45) is 17.3 Å². The Kier molecular flexibility index (Phi) is 4.86. The Morgan fingerprint density at radius 2 is 1.55 bits per heavy atom. The van der Waals surface area contributed by atoms with Gasteiger partial charge in [-0.3, -0.25) is 19.2 Å². The van der Waals surface area contributed by atoms with Crippen molar-refractivity contribution in [3.05, 3.63) is 0 Å². The predicted octanol–water partition coefficient (Wildman–Crippen LogP) is 0.107. The van der Waals surface area contributed by atoms with Crippen LogP contribution in [0.2, 0.25) is 0 Å². The average molecular weight is 286 g/mol. The predicted molar refractivity (Wildman–Crippen MR) is 65.4 cm³/mol. The zero-order valence-corrected chi connectivity index (χ0v) is 11.9. The first-order valence-electron chi connectivity index (χ1n) is 6.10. The van der Waals surface area contributed by atoms with Gasteiger partial charge in [-0.25, -0.2) is 0 Å². The van der Waals surface area contributed by atoms with Crippen molar-refractivity contribution < 1.29 is 33.4 Å².